The smallest absolute Gasteiger partial charge is 0.416 e. The number of fused-ring (bicyclic) bond motifs is 1. The number of hydrogen-bond acceptors (Lipinski definition) is 6. The standard InChI is InChI=1S/C25H18ClF3N6O/c1-36-21-13-31-24(33-23(21)32-15-9-11-30-12-10-15)22-16-5-2-3-8-20(16)35(34-22)14-17-18(25(27,28)29)6-4-7-19(17)26/h2-13H,14H2,1H3,(H,30,31,32,33). The van der Waals surface area contributed by atoms with E-state index in [4.69, 9.17) is 16.3 Å². The minimum Gasteiger partial charge on any atom is -0.491 e. The van der Waals surface area contributed by atoms with Gasteiger partial charge in [-0.2, -0.15) is 18.3 Å². The Kier molecular flexibility index (Phi) is 6.19. The zero-order valence-corrected chi connectivity index (χ0v) is 19.5. The molecule has 182 valence electrons. The molecule has 0 aliphatic rings. The van der Waals surface area contributed by atoms with Crippen LogP contribution < -0.4 is 10.1 Å². The van der Waals surface area contributed by atoms with Crippen LogP contribution in [-0.2, 0) is 12.7 Å². The van der Waals surface area contributed by atoms with Crippen molar-refractivity contribution in [3.8, 4) is 17.3 Å². The fourth-order valence-corrected chi connectivity index (χ4v) is 4.08. The van der Waals surface area contributed by atoms with Crippen LogP contribution >= 0.6 is 11.6 Å². The molecule has 0 bridgehead atoms. The van der Waals surface area contributed by atoms with Gasteiger partial charge < -0.3 is 10.1 Å². The molecular formula is C25H18ClF3N6O. The molecule has 36 heavy (non-hydrogen) atoms. The van der Waals surface area contributed by atoms with Crippen molar-refractivity contribution in [1.82, 2.24) is 24.7 Å². The second kappa shape index (κ2) is 9.46. The fraction of sp³-hybridized carbons (Fsp3) is 0.120. The Hall–Kier alpha value is -4.18. The number of anilines is 2. The van der Waals surface area contributed by atoms with Gasteiger partial charge in [0.05, 0.1) is 30.9 Å². The van der Waals surface area contributed by atoms with E-state index in [0.29, 0.717) is 28.2 Å². The van der Waals surface area contributed by atoms with Crippen LogP contribution in [0.2, 0.25) is 5.02 Å². The first kappa shape index (κ1) is 23.6. The van der Waals surface area contributed by atoms with E-state index in [1.54, 1.807) is 36.7 Å². The molecule has 0 saturated carbocycles. The van der Waals surface area contributed by atoms with Crippen LogP contribution in [-0.4, -0.2) is 31.8 Å². The maximum Gasteiger partial charge on any atom is 0.416 e. The van der Waals surface area contributed by atoms with Crippen molar-refractivity contribution in [2.24, 2.45) is 0 Å². The van der Waals surface area contributed by atoms with Crippen molar-refractivity contribution in [2.45, 2.75) is 12.7 Å². The van der Waals surface area contributed by atoms with Gasteiger partial charge in [-0.1, -0.05) is 35.9 Å². The Morgan fingerprint density at radius 1 is 1.03 bits per heavy atom. The van der Waals surface area contributed by atoms with E-state index in [0.717, 1.165) is 11.8 Å². The van der Waals surface area contributed by atoms with E-state index < -0.39 is 11.7 Å². The lowest BCUT2D eigenvalue weighted by molar-refractivity contribution is -0.138. The lowest BCUT2D eigenvalue weighted by Crippen LogP contribution is -2.13. The van der Waals surface area contributed by atoms with Gasteiger partial charge in [0, 0.05) is 34.1 Å². The number of hydrogen-bond donors (Lipinski definition) is 1. The van der Waals surface area contributed by atoms with Crippen molar-refractivity contribution in [3.05, 3.63) is 89.3 Å². The fourth-order valence-electron chi connectivity index (χ4n) is 3.84. The van der Waals surface area contributed by atoms with E-state index in [1.165, 1.54) is 30.1 Å². The van der Waals surface area contributed by atoms with Gasteiger partial charge in [-0.25, -0.2) is 9.97 Å². The Morgan fingerprint density at radius 2 is 1.81 bits per heavy atom. The highest BCUT2D eigenvalue weighted by molar-refractivity contribution is 6.31. The molecule has 0 unspecified atom stereocenters. The van der Waals surface area contributed by atoms with Crippen LogP contribution in [0.4, 0.5) is 24.7 Å². The highest BCUT2D eigenvalue weighted by Gasteiger charge is 2.34. The van der Waals surface area contributed by atoms with E-state index in [9.17, 15) is 13.2 Å². The second-order valence-electron chi connectivity index (χ2n) is 7.76. The van der Waals surface area contributed by atoms with Gasteiger partial charge >= 0.3 is 6.18 Å². The maximum atomic E-state index is 13.7. The summed E-state index contributed by atoms with van der Waals surface area (Å²) in [6, 6.07) is 14.5. The first-order valence-electron chi connectivity index (χ1n) is 10.7. The Morgan fingerprint density at radius 3 is 2.56 bits per heavy atom. The van der Waals surface area contributed by atoms with Crippen LogP contribution in [0.15, 0.2) is 73.2 Å². The molecule has 0 saturated heterocycles. The number of para-hydroxylation sites is 1. The average molecular weight is 511 g/mol. The van der Waals surface area contributed by atoms with Gasteiger partial charge in [0.25, 0.3) is 0 Å². The molecule has 0 aliphatic heterocycles. The summed E-state index contributed by atoms with van der Waals surface area (Å²) in [5.74, 6) is 1.08. The van der Waals surface area contributed by atoms with E-state index >= 15 is 0 Å². The van der Waals surface area contributed by atoms with Crippen LogP contribution in [0.3, 0.4) is 0 Å². The third-order valence-corrected chi connectivity index (χ3v) is 5.87. The molecule has 3 heterocycles. The molecule has 0 aliphatic carbocycles. The van der Waals surface area contributed by atoms with Crippen molar-refractivity contribution < 1.29 is 17.9 Å². The zero-order chi connectivity index (χ0) is 25.3. The van der Waals surface area contributed by atoms with Crippen molar-refractivity contribution in [1.29, 1.82) is 0 Å². The number of rotatable bonds is 6. The van der Waals surface area contributed by atoms with Gasteiger partial charge in [-0.15, -0.1) is 0 Å². The van der Waals surface area contributed by atoms with Crippen LogP contribution in [0.1, 0.15) is 11.1 Å². The predicted molar refractivity (Wildman–Crippen MR) is 130 cm³/mol. The summed E-state index contributed by atoms with van der Waals surface area (Å²) in [6.45, 7) is -0.187. The van der Waals surface area contributed by atoms with Gasteiger partial charge in [0.1, 0.15) is 5.69 Å². The second-order valence-corrected chi connectivity index (χ2v) is 8.17. The Labute approximate surface area is 208 Å². The molecule has 0 amide bonds. The SMILES string of the molecule is COc1cnc(-c2nn(Cc3c(Cl)cccc3C(F)(F)F)c3ccccc23)nc1Nc1ccncc1. The zero-order valence-electron chi connectivity index (χ0n) is 18.8. The van der Waals surface area contributed by atoms with Gasteiger partial charge in [-0.3, -0.25) is 9.67 Å². The van der Waals surface area contributed by atoms with Crippen molar-refractivity contribution in [2.75, 3.05) is 12.4 Å². The number of methoxy groups -OCH3 is 1. The minimum atomic E-state index is -4.56. The third-order valence-electron chi connectivity index (χ3n) is 5.52. The van der Waals surface area contributed by atoms with E-state index in [-0.39, 0.29) is 23.0 Å². The molecule has 5 rings (SSSR count). The van der Waals surface area contributed by atoms with Gasteiger partial charge in [0.15, 0.2) is 17.4 Å². The quantitative estimate of drug-likeness (QED) is 0.286. The summed E-state index contributed by atoms with van der Waals surface area (Å²) in [6.07, 6.45) is 0.222. The molecule has 7 nitrogen and oxygen atoms in total. The highest BCUT2D eigenvalue weighted by Crippen LogP contribution is 2.37. The molecule has 2 aromatic carbocycles. The molecule has 11 heteroatoms. The van der Waals surface area contributed by atoms with E-state index in [1.807, 2.05) is 12.1 Å². The van der Waals surface area contributed by atoms with Gasteiger partial charge in [-0.05, 0) is 30.3 Å². The number of pyridine rings is 1. The number of nitrogens with zero attached hydrogens (tertiary/aromatic N) is 5. The van der Waals surface area contributed by atoms with E-state index in [2.05, 4.69) is 25.4 Å². The normalized spacial score (nSPS) is 11.6. The van der Waals surface area contributed by atoms with Crippen molar-refractivity contribution in [3.63, 3.8) is 0 Å². The lowest BCUT2D eigenvalue weighted by atomic mass is 10.1. The summed E-state index contributed by atoms with van der Waals surface area (Å²) in [5.41, 5.74) is 0.889. The van der Waals surface area contributed by atoms with Crippen LogP contribution in [0, 0.1) is 0 Å². The number of benzene rings is 2. The van der Waals surface area contributed by atoms with Crippen molar-refractivity contribution >= 4 is 34.0 Å². The molecule has 0 spiro atoms. The molecule has 0 atom stereocenters. The molecular weight excluding hydrogens is 493 g/mol. The number of ether oxygens (including phenoxy) is 1. The maximum absolute atomic E-state index is 13.7. The number of alkyl halides is 3. The molecule has 0 fully saturated rings. The third kappa shape index (κ3) is 4.55. The average Bonchev–Trinajstić information content (AvgIpc) is 3.23. The molecule has 3 aromatic heterocycles. The lowest BCUT2D eigenvalue weighted by Gasteiger charge is -2.14. The molecule has 0 radical (unpaired) electrons. The molecule has 5 aromatic rings. The monoisotopic (exact) mass is 510 g/mol. The molecule has 1 N–H and O–H groups in total. The number of aromatic nitrogens is 5. The first-order chi connectivity index (χ1) is 17.3. The first-order valence-corrected chi connectivity index (χ1v) is 11.1. The summed E-state index contributed by atoms with van der Waals surface area (Å²) in [5, 5.41) is 8.47. The summed E-state index contributed by atoms with van der Waals surface area (Å²) >= 11 is 6.20. The predicted octanol–water partition coefficient (Wildman–Crippen LogP) is 6.36. The van der Waals surface area contributed by atoms with Crippen LogP contribution in [0.25, 0.3) is 22.4 Å². The van der Waals surface area contributed by atoms with Crippen LogP contribution in [0.5, 0.6) is 5.75 Å². The number of halogens is 4. The number of nitrogens with one attached hydrogen (secondary N) is 1. The van der Waals surface area contributed by atoms with Gasteiger partial charge in [0.2, 0.25) is 0 Å². The minimum absolute atomic E-state index is 0.00971. The summed E-state index contributed by atoms with van der Waals surface area (Å²) in [4.78, 5) is 13.0. The highest BCUT2D eigenvalue weighted by atomic mass is 35.5. The Balaban J connectivity index is 1.61. The Bertz CT molecular complexity index is 1540. The topological polar surface area (TPSA) is 77.8 Å². The summed E-state index contributed by atoms with van der Waals surface area (Å²) < 4.78 is 47.9. The largest absolute Gasteiger partial charge is 0.491 e. The summed E-state index contributed by atoms with van der Waals surface area (Å²) in [7, 11) is 1.50.